The van der Waals surface area contributed by atoms with Crippen molar-refractivity contribution in [1.29, 1.82) is 10.5 Å². The number of fused-ring (bicyclic) bond motifs is 2. The van der Waals surface area contributed by atoms with E-state index in [0.717, 1.165) is 74.4 Å². The summed E-state index contributed by atoms with van der Waals surface area (Å²) in [4.78, 5) is 25.1. The molecule has 12 nitrogen and oxygen atoms in total. The van der Waals surface area contributed by atoms with Gasteiger partial charge in [-0.05, 0) is 144 Å². The van der Waals surface area contributed by atoms with Crippen molar-refractivity contribution in [3.05, 3.63) is 130 Å². The Balaban J connectivity index is 0.000000163. The van der Waals surface area contributed by atoms with Crippen molar-refractivity contribution >= 4 is 118 Å². The van der Waals surface area contributed by atoms with E-state index in [2.05, 4.69) is 61.3 Å². The molecule has 2 saturated heterocycles. The minimum atomic E-state index is -0.410. The highest BCUT2D eigenvalue weighted by atomic mass is 35.5. The average Bonchev–Trinajstić information content (AvgIpc) is 4.02. The number of rotatable bonds is 13. The molecule has 0 amide bonds. The predicted octanol–water partition coefficient (Wildman–Crippen LogP) is 14.2. The van der Waals surface area contributed by atoms with E-state index in [-0.39, 0.29) is 5.02 Å². The molecule has 2 fully saturated rings. The largest absolute Gasteiger partial charge is 0.493 e. The second kappa shape index (κ2) is 26.4. The van der Waals surface area contributed by atoms with Crippen LogP contribution in [0.15, 0.2) is 121 Å². The van der Waals surface area contributed by atoms with Gasteiger partial charge in [-0.25, -0.2) is 23.7 Å². The van der Waals surface area contributed by atoms with Gasteiger partial charge < -0.3 is 30.3 Å². The van der Waals surface area contributed by atoms with Crippen LogP contribution in [-0.4, -0.2) is 89.5 Å². The zero-order valence-electron chi connectivity index (χ0n) is 40.5. The first-order chi connectivity index (χ1) is 35.8. The van der Waals surface area contributed by atoms with E-state index in [1.165, 1.54) is 127 Å². The van der Waals surface area contributed by atoms with Crippen LogP contribution >= 0.6 is 81.2 Å². The number of nitrogens with two attached hydrogens (primary N) is 1. The van der Waals surface area contributed by atoms with E-state index in [1.807, 2.05) is 54.8 Å². The van der Waals surface area contributed by atoms with E-state index >= 15 is 0 Å². The maximum absolute atomic E-state index is 13.5. The fourth-order valence-corrected chi connectivity index (χ4v) is 13.3. The van der Waals surface area contributed by atoms with Crippen LogP contribution in [0, 0.1) is 46.1 Å². The zero-order valence-corrected chi connectivity index (χ0v) is 46.1. The van der Waals surface area contributed by atoms with Crippen molar-refractivity contribution in [2.24, 2.45) is 11.8 Å². The van der Waals surface area contributed by atoms with Gasteiger partial charge in [-0.15, -0.1) is 11.3 Å². The van der Waals surface area contributed by atoms with Gasteiger partial charge in [0, 0.05) is 58.5 Å². The fourth-order valence-electron chi connectivity index (χ4n) is 8.10. The second-order valence-electron chi connectivity index (χ2n) is 17.5. The number of pyridine rings is 2. The first-order valence-corrected chi connectivity index (χ1v) is 28.6. The number of thioether (sulfide) groups is 1. The molecule has 3 N–H and O–H groups in total. The highest BCUT2D eigenvalue weighted by molar-refractivity contribution is 8.01. The molecule has 2 aliphatic rings. The highest BCUT2D eigenvalue weighted by Gasteiger charge is 2.21. The Hall–Kier alpha value is -5.45. The standard InChI is InChI=1S/C26H23ClFN5OS2.C14H7ClFN3S3.C13H20N2O/c1-33-10-2-3-16(14-33)15-34-20-7-5-19(6-8-20)31-26-32-25-24(36-26)23(17(12-29)13-30-25)35-22-9-4-18(28)11-21(22)27;1-20-14-19-13-12(22-14)11(7(5-17)6-18-13)21-10-3-2-8(16)4-9(10)15;1-15-8-2-3-11(9-15)10-16-13-6-4-12(14)5-7-13/h4-9,11,13,16H,2-3,10,14-15H2,1H3,(H,30,31,32);2-4,6H,1H3;4-7,11H,2-3,8-10,14H2,1H3. The number of halogens is 4. The minimum Gasteiger partial charge on any atom is -0.493 e. The lowest BCUT2D eigenvalue weighted by Gasteiger charge is -2.29. The summed E-state index contributed by atoms with van der Waals surface area (Å²) in [7, 11) is 4.33. The predicted molar refractivity (Wildman–Crippen MR) is 299 cm³/mol. The first kappa shape index (κ1) is 54.8. The Morgan fingerprint density at radius 3 is 1.68 bits per heavy atom. The van der Waals surface area contributed by atoms with Crippen LogP contribution in [0.5, 0.6) is 11.5 Å². The van der Waals surface area contributed by atoms with E-state index < -0.39 is 11.6 Å². The second-order valence-corrected chi connectivity index (χ2v) is 23.4. The van der Waals surface area contributed by atoms with Gasteiger partial charge in [-0.2, -0.15) is 15.5 Å². The third-order valence-corrected chi connectivity index (χ3v) is 18.3. The quantitative estimate of drug-likeness (QED) is 0.0828. The number of nitrogens with zero attached hydrogens (tertiary/aromatic N) is 8. The lowest BCUT2D eigenvalue weighted by Crippen LogP contribution is -2.34. The van der Waals surface area contributed by atoms with Crippen LogP contribution in [0.3, 0.4) is 0 Å². The number of aromatic nitrogens is 4. The molecule has 0 radical (unpaired) electrons. The summed E-state index contributed by atoms with van der Waals surface area (Å²) < 4.78 is 40.9. The topological polar surface area (TPSA) is 162 Å². The van der Waals surface area contributed by atoms with Crippen LogP contribution in [0.1, 0.15) is 36.8 Å². The molecule has 10 rings (SSSR count). The molecule has 0 bridgehead atoms. The fraction of sp³-hybridized carbons (Fsp3) is 0.283. The molecule has 0 spiro atoms. The summed E-state index contributed by atoms with van der Waals surface area (Å²) in [6, 6.07) is 28.2. The van der Waals surface area contributed by atoms with E-state index in [1.54, 1.807) is 12.1 Å². The first-order valence-electron chi connectivity index (χ1n) is 23.4. The van der Waals surface area contributed by atoms with Crippen LogP contribution < -0.4 is 20.5 Å². The number of anilines is 3. The highest BCUT2D eigenvalue weighted by Crippen LogP contribution is 2.44. The zero-order chi connectivity index (χ0) is 52.1. The SMILES string of the molecule is CN1CCCC(COc2ccc(N)cc2)C1.CN1CCCC(COc2ccc(Nc3nc4ncc(C#N)c(Sc5ccc(F)cc5Cl)c4s3)cc2)C1.CSc1nc2ncc(C#N)c(Sc3ccc(F)cc3Cl)c2s1. The van der Waals surface area contributed by atoms with Gasteiger partial charge >= 0.3 is 0 Å². The Morgan fingerprint density at radius 1 is 0.716 bits per heavy atom. The number of piperidine rings is 2. The molecule has 74 heavy (non-hydrogen) atoms. The third-order valence-electron chi connectivity index (χ3n) is 11.8. The number of nitriles is 2. The van der Waals surface area contributed by atoms with Crippen molar-refractivity contribution in [2.45, 2.75) is 49.6 Å². The van der Waals surface area contributed by atoms with Crippen LogP contribution in [0.4, 0.5) is 25.3 Å². The summed E-state index contributed by atoms with van der Waals surface area (Å²) in [5, 5.41) is 23.5. The van der Waals surface area contributed by atoms with Gasteiger partial charge in [0.15, 0.2) is 20.8 Å². The van der Waals surface area contributed by atoms with Crippen molar-refractivity contribution in [3.8, 4) is 23.6 Å². The van der Waals surface area contributed by atoms with Crippen molar-refractivity contribution in [3.63, 3.8) is 0 Å². The van der Waals surface area contributed by atoms with Gasteiger partial charge in [0.2, 0.25) is 0 Å². The summed E-state index contributed by atoms with van der Waals surface area (Å²) in [5.41, 5.74) is 9.27. The molecule has 4 aromatic heterocycles. The van der Waals surface area contributed by atoms with Gasteiger partial charge in [-0.1, -0.05) is 69.8 Å². The summed E-state index contributed by atoms with van der Waals surface area (Å²) in [5.74, 6) is 2.18. The molecule has 8 aromatic rings. The van der Waals surface area contributed by atoms with E-state index in [4.69, 9.17) is 38.4 Å². The monoisotopic (exact) mass is 1130 g/mol. The molecule has 2 unspecified atom stereocenters. The third kappa shape index (κ3) is 14.9. The Kier molecular flexibility index (Phi) is 19.5. The minimum absolute atomic E-state index is 0.287. The Morgan fingerprint density at radius 2 is 1.20 bits per heavy atom. The molecule has 2 atom stereocenters. The summed E-state index contributed by atoms with van der Waals surface area (Å²) >= 11 is 19.4. The number of thiazole rings is 2. The van der Waals surface area contributed by atoms with Crippen LogP contribution in [0.25, 0.3) is 20.7 Å². The molecule has 21 heteroatoms. The van der Waals surface area contributed by atoms with E-state index in [9.17, 15) is 19.3 Å². The van der Waals surface area contributed by atoms with Crippen molar-refractivity contribution in [1.82, 2.24) is 29.7 Å². The molecule has 0 aliphatic carbocycles. The van der Waals surface area contributed by atoms with E-state index in [0.29, 0.717) is 59.1 Å². The molecular weight excluding hydrogens is 1080 g/mol. The number of nitrogens with one attached hydrogen (secondary N) is 1. The summed E-state index contributed by atoms with van der Waals surface area (Å²) in [6.07, 6.45) is 9.93. The maximum Gasteiger partial charge on any atom is 0.189 e. The smallest absolute Gasteiger partial charge is 0.189 e. The number of likely N-dealkylation sites (tertiary alicyclic amines) is 2. The van der Waals surface area contributed by atoms with Gasteiger partial charge in [0.1, 0.15) is 35.3 Å². The molecule has 382 valence electrons. The van der Waals surface area contributed by atoms with Gasteiger partial charge in [-0.3, -0.25) is 0 Å². The number of hydrogen-bond donors (Lipinski definition) is 2. The summed E-state index contributed by atoms with van der Waals surface area (Å²) in [6.45, 7) is 6.14. The molecule has 4 aromatic carbocycles. The van der Waals surface area contributed by atoms with Gasteiger partial charge in [0.25, 0.3) is 0 Å². The van der Waals surface area contributed by atoms with Crippen LogP contribution in [-0.2, 0) is 0 Å². The molecule has 6 heterocycles. The lowest BCUT2D eigenvalue weighted by atomic mass is 10.00. The normalized spacial score (nSPS) is 15.8. The molecular formula is C53H50Cl2F2N10O2S5. The maximum atomic E-state index is 13.5. The number of benzene rings is 4. The lowest BCUT2D eigenvalue weighted by molar-refractivity contribution is 0.150. The van der Waals surface area contributed by atoms with Gasteiger partial charge in [0.05, 0.1) is 53.6 Å². The Bertz CT molecular complexity index is 3280. The molecule has 0 saturated carbocycles. The molecule has 2 aliphatic heterocycles. The van der Waals surface area contributed by atoms with Crippen molar-refractivity contribution < 1.29 is 18.3 Å². The number of nitrogen functional groups attached to an aromatic ring is 1. The average molecular weight is 1130 g/mol. The Labute approximate surface area is 459 Å². The van der Waals surface area contributed by atoms with Crippen LogP contribution in [0.2, 0.25) is 10.0 Å². The number of hydrogen-bond acceptors (Lipinski definition) is 17. The van der Waals surface area contributed by atoms with Crippen molar-refractivity contribution in [2.75, 3.05) is 70.8 Å². The number of ether oxygens (including phenoxy) is 2.